The molecule has 0 aliphatic carbocycles. The van der Waals surface area contributed by atoms with Gasteiger partial charge in [-0.3, -0.25) is 4.90 Å². The van der Waals surface area contributed by atoms with Crippen molar-refractivity contribution in [1.29, 1.82) is 0 Å². The third kappa shape index (κ3) is 5.30. The number of piperidine rings is 1. The van der Waals surface area contributed by atoms with Crippen LogP contribution >= 0.6 is 0 Å². The maximum absolute atomic E-state index is 8.91. The molecule has 0 aromatic rings. The zero-order valence-corrected chi connectivity index (χ0v) is 9.62. The fourth-order valence-electron chi connectivity index (χ4n) is 2.15. The summed E-state index contributed by atoms with van der Waals surface area (Å²) in [4.78, 5) is 2.27. The minimum Gasteiger partial charge on any atom is -0.395 e. The van der Waals surface area contributed by atoms with E-state index in [0.29, 0.717) is 0 Å². The van der Waals surface area contributed by atoms with Gasteiger partial charge < -0.3 is 10.4 Å². The van der Waals surface area contributed by atoms with Gasteiger partial charge in [-0.15, -0.1) is 6.58 Å². The Kier molecular flexibility index (Phi) is 6.64. The second-order valence-electron chi connectivity index (χ2n) is 4.31. The van der Waals surface area contributed by atoms with Gasteiger partial charge in [0.1, 0.15) is 0 Å². The number of aliphatic hydroxyl groups excluding tert-OH is 1. The molecule has 0 radical (unpaired) electrons. The van der Waals surface area contributed by atoms with Gasteiger partial charge in [-0.2, -0.15) is 0 Å². The molecule has 1 rings (SSSR count). The van der Waals surface area contributed by atoms with Crippen LogP contribution in [-0.2, 0) is 0 Å². The lowest BCUT2D eigenvalue weighted by Crippen LogP contribution is -2.34. The standard InChI is InChI=1S/C12H24N2O/c1-2-7-14(9-10-15)8-5-12-4-3-6-13-11-12/h2,12-13,15H,1,3-11H2. The lowest BCUT2D eigenvalue weighted by Gasteiger charge is -2.26. The molecule has 1 aliphatic rings. The zero-order chi connectivity index (χ0) is 10.9. The summed E-state index contributed by atoms with van der Waals surface area (Å²) in [5.41, 5.74) is 0. The average molecular weight is 212 g/mol. The molecule has 3 heteroatoms. The predicted molar refractivity (Wildman–Crippen MR) is 63.9 cm³/mol. The lowest BCUT2D eigenvalue weighted by molar-refractivity contribution is 0.194. The van der Waals surface area contributed by atoms with Crippen LogP contribution in [0.5, 0.6) is 0 Å². The Morgan fingerprint density at radius 2 is 2.33 bits per heavy atom. The van der Waals surface area contributed by atoms with Crippen LogP contribution in [-0.4, -0.2) is 49.3 Å². The number of hydrogen-bond donors (Lipinski definition) is 2. The maximum atomic E-state index is 8.91. The Hall–Kier alpha value is -0.380. The fraction of sp³-hybridized carbons (Fsp3) is 0.833. The number of rotatable bonds is 7. The van der Waals surface area contributed by atoms with Gasteiger partial charge in [-0.1, -0.05) is 6.08 Å². The third-order valence-corrected chi connectivity index (χ3v) is 3.06. The van der Waals surface area contributed by atoms with Crippen molar-refractivity contribution >= 4 is 0 Å². The molecule has 0 spiro atoms. The number of hydrogen-bond acceptors (Lipinski definition) is 3. The Morgan fingerprint density at radius 1 is 1.47 bits per heavy atom. The first-order chi connectivity index (χ1) is 7.36. The largest absolute Gasteiger partial charge is 0.395 e. The molecule has 1 atom stereocenters. The van der Waals surface area contributed by atoms with Gasteiger partial charge in [0.15, 0.2) is 0 Å². The zero-order valence-electron chi connectivity index (χ0n) is 9.62. The molecule has 1 unspecified atom stereocenters. The molecule has 0 saturated carbocycles. The van der Waals surface area contributed by atoms with Gasteiger partial charge in [0, 0.05) is 13.1 Å². The van der Waals surface area contributed by atoms with Crippen molar-refractivity contribution in [3.8, 4) is 0 Å². The van der Waals surface area contributed by atoms with Gasteiger partial charge in [-0.25, -0.2) is 0 Å². The van der Waals surface area contributed by atoms with Gasteiger partial charge >= 0.3 is 0 Å². The van der Waals surface area contributed by atoms with E-state index < -0.39 is 0 Å². The number of aliphatic hydroxyl groups is 1. The molecular formula is C12H24N2O. The van der Waals surface area contributed by atoms with Crippen molar-refractivity contribution in [2.24, 2.45) is 5.92 Å². The van der Waals surface area contributed by atoms with E-state index in [-0.39, 0.29) is 6.61 Å². The Morgan fingerprint density at radius 3 is 2.93 bits per heavy atom. The molecule has 1 saturated heterocycles. The van der Waals surface area contributed by atoms with Crippen LogP contribution < -0.4 is 5.32 Å². The summed E-state index contributed by atoms with van der Waals surface area (Å²) in [7, 11) is 0. The summed E-state index contributed by atoms with van der Waals surface area (Å²) < 4.78 is 0. The van der Waals surface area contributed by atoms with Gasteiger partial charge in [0.05, 0.1) is 6.61 Å². The molecule has 1 heterocycles. The van der Waals surface area contributed by atoms with E-state index in [1.54, 1.807) is 0 Å². The molecule has 1 fully saturated rings. The quantitative estimate of drug-likeness (QED) is 0.614. The summed E-state index contributed by atoms with van der Waals surface area (Å²) in [6.07, 6.45) is 5.82. The van der Waals surface area contributed by atoms with Crippen LogP contribution in [0.25, 0.3) is 0 Å². The van der Waals surface area contributed by atoms with Crippen molar-refractivity contribution in [2.45, 2.75) is 19.3 Å². The van der Waals surface area contributed by atoms with Gasteiger partial charge in [0.25, 0.3) is 0 Å². The van der Waals surface area contributed by atoms with Crippen molar-refractivity contribution in [3.05, 3.63) is 12.7 Å². The van der Waals surface area contributed by atoms with Crippen molar-refractivity contribution < 1.29 is 5.11 Å². The molecule has 3 nitrogen and oxygen atoms in total. The van der Waals surface area contributed by atoms with E-state index in [4.69, 9.17) is 5.11 Å². The minimum absolute atomic E-state index is 0.247. The summed E-state index contributed by atoms with van der Waals surface area (Å²) in [6.45, 7) is 9.08. The third-order valence-electron chi connectivity index (χ3n) is 3.06. The summed E-state index contributed by atoms with van der Waals surface area (Å²) in [5, 5.41) is 12.3. The van der Waals surface area contributed by atoms with Gasteiger partial charge in [-0.05, 0) is 44.8 Å². The average Bonchev–Trinajstić information content (AvgIpc) is 2.28. The van der Waals surface area contributed by atoms with E-state index in [2.05, 4.69) is 16.8 Å². The minimum atomic E-state index is 0.247. The highest BCUT2D eigenvalue weighted by Gasteiger charge is 2.13. The molecule has 0 aromatic carbocycles. The second kappa shape index (κ2) is 7.85. The highest BCUT2D eigenvalue weighted by molar-refractivity contribution is 4.75. The molecule has 88 valence electrons. The highest BCUT2D eigenvalue weighted by Crippen LogP contribution is 2.14. The normalized spacial score (nSPS) is 21.9. The molecule has 0 amide bonds. The van der Waals surface area contributed by atoms with Crippen LogP contribution in [0.15, 0.2) is 12.7 Å². The Bertz CT molecular complexity index is 167. The van der Waals surface area contributed by atoms with Crippen molar-refractivity contribution in [2.75, 3.05) is 39.3 Å². The fourth-order valence-corrected chi connectivity index (χ4v) is 2.15. The topological polar surface area (TPSA) is 35.5 Å². The van der Waals surface area contributed by atoms with E-state index >= 15 is 0 Å². The highest BCUT2D eigenvalue weighted by atomic mass is 16.3. The first kappa shape index (κ1) is 12.7. The van der Waals surface area contributed by atoms with Crippen LogP contribution in [0, 0.1) is 5.92 Å². The molecule has 1 aliphatic heterocycles. The SMILES string of the molecule is C=CCN(CCO)CCC1CCCNC1. The van der Waals surface area contributed by atoms with Gasteiger partial charge in [0.2, 0.25) is 0 Å². The summed E-state index contributed by atoms with van der Waals surface area (Å²) in [5.74, 6) is 0.824. The smallest absolute Gasteiger partial charge is 0.0558 e. The Labute approximate surface area is 93.2 Å². The van der Waals surface area contributed by atoms with E-state index in [1.807, 2.05) is 6.08 Å². The van der Waals surface area contributed by atoms with Crippen molar-refractivity contribution in [1.82, 2.24) is 10.2 Å². The monoisotopic (exact) mass is 212 g/mol. The van der Waals surface area contributed by atoms with Crippen LogP contribution in [0.4, 0.5) is 0 Å². The van der Waals surface area contributed by atoms with E-state index in [1.165, 1.54) is 32.4 Å². The van der Waals surface area contributed by atoms with Crippen LogP contribution in [0.1, 0.15) is 19.3 Å². The second-order valence-corrected chi connectivity index (χ2v) is 4.31. The van der Waals surface area contributed by atoms with E-state index in [9.17, 15) is 0 Å². The molecule has 0 bridgehead atoms. The first-order valence-electron chi connectivity index (χ1n) is 6.01. The Balaban J connectivity index is 2.16. The summed E-state index contributed by atoms with van der Waals surface area (Å²) in [6, 6.07) is 0. The van der Waals surface area contributed by atoms with Crippen LogP contribution in [0.3, 0.4) is 0 Å². The summed E-state index contributed by atoms with van der Waals surface area (Å²) >= 11 is 0. The molecular weight excluding hydrogens is 188 g/mol. The molecule has 2 N–H and O–H groups in total. The van der Waals surface area contributed by atoms with Crippen LogP contribution in [0.2, 0.25) is 0 Å². The first-order valence-corrected chi connectivity index (χ1v) is 6.01. The maximum Gasteiger partial charge on any atom is 0.0558 e. The predicted octanol–water partition coefficient (Wildman–Crippen LogP) is 0.856. The van der Waals surface area contributed by atoms with E-state index in [0.717, 1.165) is 25.6 Å². The molecule has 15 heavy (non-hydrogen) atoms. The van der Waals surface area contributed by atoms with Crippen molar-refractivity contribution in [3.63, 3.8) is 0 Å². The number of nitrogens with zero attached hydrogens (tertiary/aromatic N) is 1. The molecule has 0 aromatic heterocycles. The lowest BCUT2D eigenvalue weighted by atomic mass is 9.96. The number of nitrogens with one attached hydrogen (secondary N) is 1.